The minimum atomic E-state index is -0.627. The zero-order valence-corrected chi connectivity index (χ0v) is 20.4. The summed E-state index contributed by atoms with van der Waals surface area (Å²) >= 11 is 6.29. The molecule has 0 radical (unpaired) electrons. The van der Waals surface area contributed by atoms with E-state index in [0.29, 0.717) is 30.4 Å². The number of carbonyl (C=O) groups is 2. The van der Waals surface area contributed by atoms with Crippen molar-refractivity contribution in [3.63, 3.8) is 0 Å². The molecule has 1 atom stereocenters. The van der Waals surface area contributed by atoms with Crippen LogP contribution in [0.1, 0.15) is 32.3 Å². The van der Waals surface area contributed by atoms with Crippen molar-refractivity contribution in [2.75, 3.05) is 51.6 Å². The lowest BCUT2D eigenvalue weighted by Gasteiger charge is -2.25. The fourth-order valence-corrected chi connectivity index (χ4v) is 3.98. The van der Waals surface area contributed by atoms with Crippen LogP contribution in [0.5, 0.6) is 5.75 Å². The smallest absolute Gasteiger partial charge is 0.415 e. The van der Waals surface area contributed by atoms with Gasteiger partial charge in [0.1, 0.15) is 11.4 Å². The molecular weight excluding hydrogens is 430 g/mol. The molecule has 2 aromatic carbocycles. The lowest BCUT2D eigenvalue weighted by atomic mass is 9.95. The molecule has 0 unspecified atom stereocenters. The third kappa shape index (κ3) is 5.27. The zero-order valence-electron chi connectivity index (χ0n) is 19.6. The summed E-state index contributed by atoms with van der Waals surface area (Å²) in [6.45, 7) is 7.17. The van der Waals surface area contributed by atoms with Gasteiger partial charge in [0.2, 0.25) is 0 Å². The Balaban J connectivity index is 2.02. The second-order valence-corrected chi connectivity index (χ2v) is 9.70. The lowest BCUT2D eigenvalue weighted by Crippen LogP contribution is -2.36. The van der Waals surface area contributed by atoms with E-state index in [9.17, 15) is 9.59 Å². The van der Waals surface area contributed by atoms with Gasteiger partial charge in [0.05, 0.1) is 5.69 Å². The van der Waals surface area contributed by atoms with Crippen LogP contribution in [0, 0.1) is 0 Å². The maximum Gasteiger partial charge on any atom is 0.415 e. The summed E-state index contributed by atoms with van der Waals surface area (Å²) in [5.41, 5.74) is 1.02. The van der Waals surface area contributed by atoms with Crippen LogP contribution in [-0.2, 0) is 4.74 Å². The number of benzene rings is 2. The number of anilines is 1. The normalized spacial score (nSPS) is 15.8. The first-order chi connectivity index (χ1) is 15.0. The van der Waals surface area contributed by atoms with Gasteiger partial charge in [-0.1, -0.05) is 24.3 Å². The van der Waals surface area contributed by atoms with Crippen LogP contribution in [0.3, 0.4) is 0 Å². The van der Waals surface area contributed by atoms with Gasteiger partial charge >= 0.3 is 12.2 Å². The summed E-state index contributed by atoms with van der Waals surface area (Å²) in [5, 5.41) is 1.72. The van der Waals surface area contributed by atoms with Gasteiger partial charge < -0.3 is 19.3 Å². The van der Waals surface area contributed by atoms with Crippen molar-refractivity contribution >= 4 is 40.2 Å². The largest absolute Gasteiger partial charge is 0.443 e. The van der Waals surface area contributed by atoms with E-state index in [1.54, 1.807) is 18.0 Å². The molecule has 0 saturated carbocycles. The Hall–Kier alpha value is -2.51. The monoisotopic (exact) mass is 461 g/mol. The van der Waals surface area contributed by atoms with Gasteiger partial charge in [0, 0.05) is 49.9 Å². The number of likely N-dealkylation sites (N-methyl/N-ethyl adjacent to an activating group) is 2. The summed E-state index contributed by atoms with van der Waals surface area (Å²) in [7, 11) is 5.61. The predicted octanol–water partition coefficient (Wildman–Crippen LogP) is 4.91. The van der Waals surface area contributed by atoms with Crippen molar-refractivity contribution in [2.45, 2.75) is 32.3 Å². The van der Waals surface area contributed by atoms with Gasteiger partial charge in [-0.25, -0.2) is 9.59 Å². The quantitative estimate of drug-likeness (QED) is 0.592. The average Bonchev–Trinajstić information content (AvgIpc) is 3.09. The second-order valence-electron chi connectivity index (χ2n) is 9.39. The number of ether oxygens (including phenoxy) is 2. The van der Waals surface area contributed by atoms with Crippen LogP contribution in [0.25, 0.3) is 10.8 Å². The number of amides is 2. The van der Waals surface area contributed by atoms with E-state index in [-0.39, 0.29) is 5.92 Å². The molecular formula is C24H32ClN3O4. The maximum absolute atomic E-state index is 13.0. The Kier molecular flexibility index (Phi) is 7.20. The highest BCUT2D eigenvalue weighted by atomic mass is 35.5. The van der Waals surface area contributed by atoms with E-state index in [1.807, 2.05) is 64.0 Å². The van der Waals surface area contributed by atoms with Gasteiger partial charge in [0.15, 0.2) is 0 Å². The summed E-state index contributed by atoms with van der Waals surface area (Å²) in [6, 6.07) is 9.47. The third-order valence-corrected chi connectivity index (χ3v) is 5.69. The molecule has 0 N–H and O–H groups in total. The number of hydrogen-bond donors (Lipinski definition) is 0. The van der Waals surface area contributed by atoms with Crippen molar-refractivity contribution in [1.82, 2.24) is 9.80 Å². The molecule has 7 nitrogen and oxygen atoms in total. The van der Waals surface area contributed by atoms with Crippen molar-refractivity contribution in [3.05, 3.63) is 35.9 Å². The number of halogens is 1. The number of nitrogens with zero attached hydrogens (tertiary/aromatic N) is 3. The Bertz CT molecular complexity index is 1000. The number of hydrogen-bond acceptors (Lipinski definition) is 5. The lowest BCUT2D eigenvalue weighted by molar-refractivity contribution is 0.0582. The van der Waals surface area contributed by atoms with Crippen molar-refractivity contribution in [2.24, 2.45) is 0 Å². The molecule has 3 rings (SSSR count). The van der Waals surface area contributed by atoms with Gasteiger partial charge in [0.25, 0.3) is 0 Å². The highest BCUT2D eigenvalue weighted by Crippen LogP contribution is 2.46. The topological polar surface area (TPSA) is 62.3 Å². The van der Waals surface area contributed by atoms with E-state index in [4.69, 9.17) is 21.1 Å². The number of carbonyl (C=O) groups excluding carboxylic acids is 2. The maximum atomic E-state index is 13.0. The fraction of sp³-hybridized carbons (Fsp3) is 0.500. The zero-order chi connectivity index (χ0) is 23.6. The number of alkyl halides is 1. The molecule has 174 valence electrons. The Labute approximate surface area is 194 Å². The van der Waals surface area contributed by atoms with Gasteiger partial charge in [-0.2, -0.15) is 0 Å². The van der Waals surface area contributed by atoms with E-state index < -0.39 is 17.8 Å². The van der Waals surface area contributed by atoms with Crippen molar-refractivity contribution in [3.8, 4) is 5.75 Å². The molecule has 0 saturated heterocycles. The van der Waals surface area contributed by atoms with E-state index in [2.05, 4.69) is 0 Å². The number of rotatable bonds is 5. The molecule has 0 bridgehead atoms. The molecule has 0 spiro atoms. The molecule has 1 aliphatic heterocycles. The molecule has 0 fully saturated rings. The standard InChI is InChI=1S/C24H32ClN3O4/c1-24(2,3)32-23(30)28-15-16(14-25)21-18-10-8-7-9-17(18)20(13-19(21)28)31-22(29)27(6)12-11-26(4)5/h7-10,13,16H,11-12,14-15H2,1-6H3/t16-/m1/s1. The molecule has 1 aliphatic rings. The van der Waals surface area contributed by atoms with Gasteiger partial charge in [-0.05, 0) is 45.8 Å². The first-order valence-electron chi connectivity index (χ1n) is 10.7. The molecule has 32 heavy (non-hydrogen) atoms. The van der Waals surface area contributed by atoms with E-state index in [1.165, 1.54) is 4.90 Å². The Morgan fingerprint density at radius 1 is 1.12 bits per heavy atom. The summed E-state index contributed by atoms with van der Waals surface area (Å²) in [6.07, 6.45) is -0.894. The minimum absolute atomic E-state index is 0.0448. The SMILES string of the molecule is CN(C)CCN(C)C(=O)Oc1cc2c(c3ccccc13)[C@H](CCl)CN2C(=O)OC(C)(C)C. The third-order valence-electron chi connectivity index (χ3n) is 5.32. The first kappa shape index (κ1) is 24.1. The van der Waals surface area contributed by atoms with Crippen LogP contribution in [-0.4, -0.2) is 74.2 Å². The predicted molar refractivity (Wildman–Crippen MR) is 128 cm³/mol. The van der Waals surface area contributed by atoms with Crippen LogP contribution in [0.15, 0.2) is 30.3 Å². The molecule has 2 aromatic rings. The van der Waals surface area contributed by atoms with Crippen LogP contribution < -0.4 is 9.64 Å². The van der Waals surface area contributed by atoms with E-state index in [0.717, 1.165) is 22.9 Å². The summed E-state index contributed by atoms with van der Waals surface area (Å²) in [4.78, 5) is 30.8. The first-order valence-corrected chi connectivity index (χ1v) is 11.2. The highest BCUT2D eigenvalue weighted by Gasteiger charge is 2.37. The Morgan fingerprint density at radius 2 is 1.78 bits per heavy atom. The van der Waals surface area contributed by atoms with Crippen LogP contribution >= 0.6 is 11.6 Å². The van der Waals surface area contributed by atoms with E-state index >= 15 is 0 Å². The van der Waals surface area contributed by atoms with Gasteiger partial charge in [-0.15, -0.1) is 11.6 Å². The fourth-order valence-electron chi connectivity index (χ4n) is 3.73. The molecule has 8 heteroatoms. The molecule has 0 aromatic heterocycles. The molecule has 2 amide bonds. The average molecular weight is 462 g/mol. The highest BCUT2D eigenvalue weighted by molar-refractivity contribution is 6.19. The molecule has 0 aliphatic carbocycles. The molecule has 1 heterocycles. The van der Waals surface area contributed by atoms with Crippen molar-refractivity contribution in [1.29, 1.82) is 0 Å². The summed E-state index contributed by atoms with van der Waals surface area (Å²) < 4.78 is 11.4. The summed E-state index contributed by atoms with van der Waals surface area (Å²) in [5.74, 6) is 0.726. The second kappa shape index (κ2) is 9.55. The number of fused-ring (bicyclic) bond motifs is 3. The van der Waals surface area contributed by atoms with Gasteiger partial charge in [-0.3, -0.25) is 4.90 Å². The minimum Gasteiger partial charge on any atom is -0.443 e. The van der Waals surface area contributed by atoms with Crippen LogP contribution in [0.2, 0.25) is 0 Å². The van der Waals surface area contributed by atoms with Crippen LogP contribution in [0.4, 0.5) is 15.3 Å². The van der Waals surface area contributed by atoms with Crippen molar-refractivity contribution < 1.29 is 19.1 Å². The Morgan fingerprint density at radius 3 is 2.38 bits per heavy atom.